The summed E-state index contributed by atoms with van der Waals surface area (Å²) in [5.74, 6) is 2.07. The largest absolute Gasteiger partial charge is 0.355 e. The van der Waals surface area contributed by atoms with Crippen molar-refractivity contribution in [3.8, 4) is 0 Å². The normalized spacial score (nSPS) is 20.5. The highest BCUT2D eigenvalue weighted by atomic mass is 32.1. The van der Waals surface area contributed by atoms with E-state index in [-0.39, 0.29) is 0 Å². The van der Waals surface area contributed by atoms with E-state index in [1.54, 1.807) is 11.3 Å². The highest BCUT2D eigenvalue weighted by Gasteiger charge is 2.21. The fourth-order valence-corrected chi connectivity index (χ4v) is 3.96. The Morgan fingerprint density at radius 3 is 3.10 bits per heavy atom. The molecule has 1 aliphatic heterocycles. The van der Waals surface area contributed by atoms with E-state index in [9.17, 15) is 0 Å². The van der Waals surface area contributed by atoms with Gasteiger partial charge in [-0.15, -0.1) is 11.3 Å². The molecule has 1 aliphatic rings. The first-order valence-electron chi connectivity index (χ1n) is 7.73. The second kappa shape index (κ2) is 6.14. The molecule has 1 fully saturated rings. The maximum atomic E-state index is 5.80. The summed E-state index contributed by atoms with van der Waals surface area (Å²) < 4.78 is 2.22. The first-order chi connectivity index (χ1) is 9.83. The van der Waals surface area contributed by atoms with Crippen LogP contribution in [0.1, 0.15) is 38.3 Å². The summed E-state index contributed by atoms with van der Waals surface area (Å²) in [6.07, 6.45) is 8.27. The van der Waals surface area contributed by atoms with Crippen molar-refractivity contribution < 1.29 is 0 Å². The van der Waals surface area contributed by atoms with Gasteiger partial charge in [-0.25, -0.2) is 4.98 Å². The Bertz CT molecular complexity index is 559. The van der Waals surface area contributed by atoms with Gasteiger partial charge in [-0.2, -0.15) is 0 Å². The Kier molecular flexibility index (Phi) is 4.27. The van der Waals surface area contributed by atoms with Crippen molar-refractivity contribution in [3.63, 3.8) is 0 Å². The van der Waals surface area contributed by atoms with Gasteiger partial charge in [0.15, 0.2) is 10.8 Å². The summed E-state index contributed by atoms with van der Waals surface area (Å²) in [7, 11) is 0. The minimum Gasteiger partial charge on any atom is -0.355 e. The van der Waals surface area contributed by atoms with Crippen molar-refractivity contribution >= 4 is 22.1 Å². The minimum absolute atomic E-state index is 0.683. The molecule has 0 aromatic carbocycles. The highest BCUT2D eigenvalue weighted by molar-refractivity contribution is 7.15. The molecule has 0 spiro atoms. The molecule has 0 saturated carbocycles. The molecule has 1 unspecified atom stereocenters. The quantitative estimate of drug-likeness (QED) is 0.942. The van der Waals surface area contributed by atoms with E-state index < -0.39 is 0 Å². The molecule has 110 valence electrons. The first kappa shape index (κ1) is 13.9. The average Bonchev–Trinajstić information content (AvgIpc) is 2.94. The Hall–Kier alpha value is -1.07. The lowest BCUT2D eigenvalue weighted by Crippen LogP contribution is -2.26. The van der Waals surface area contributed by atoms with E-state index in [1.807, 2.05) is 0 Å². The zero-order valence-corrected chi connectivity index (χ0v) is 13.0. The van der Waals surface area contributed by atoms with Crippen molar-refractivity contribution in [1.82, 2.24) is 9.38 Å². The summed E-state index contributed by atoms with van der Waals surface area (Å²) in [4.78, 5) is 8.44. The Balaban J connectivity index is 1.88. The van der Waals surface area contributed by atoms with Crippen LogP contribution in [-0.4, -0.2) is 29.0 Å². The minimum atomic E-state index is 0.683. The summed E-state index contributed by atoms with van der Waals surface area (Å²) in [5, 5.41) is 2.10. The van der Waals surface area contributed by atoms with E-state index in [2.05, 4.69) is 27.8 Å². The lowest BCUT2D eigenvalue weighted by atomic mass is 9.98. The molecule has 0 radical (unpaired) electrons. The van der Waals surface area contributed by atoms with Gasteiger partial charge in [-0.1, -0.05) is 13.3 Å². The van der Waals surface area contributed by atoms with Gasteiger partial charge in [-0.3, -0.25) is 4.40 Å². The number of hydrogen-bond donors (Lipinski definition) is 1. The number of nitrogens with two attached hydrogens (primary N) is 1. The highest BCUT2D eigenvalue weighted by Crippen LogP contribution is 2.29. The van der Waals surface area contributed by atoms with E-state index in [0.717, 1.165) is 30.4 Å². The van der Waals surface area contributed by atoms with Crippen molar-refractivity contribution in [3.05, 3.63) is 17.3 Å². The molecule has 3 rings (SSSR count). The monoisotopic (exact) mass is 292 g/mol. The van der Waals surface area contributed by atoms with Crippen molar-refractivity contribution in [2.45, 2.75) is 39.0 Å². The van der Waals surface area contributed by atoms with Gasteiger partial charge in [0, 0.05) is 31.1 Å². The summed E-state index contributed by atoms with van der Waals surface area (Å²) in [6, 6.07) is 0. The molecule has 2 aromatic heterocycles. The van der Waals surface area contributed by atoms with Crippen LogP contribution in [0.3, 0.4) is 0 Å². The van der Waals surface area contributed by atoms with Crippen LogP contribution in [0.5, 0.6) is 0 Å². The van der Waals surface area contributed by atoms with E-state index in [4.69, 9.17) is 10.7 Å². The maximum Gasteiger partial charge on any atom is 0.195 e. The van der Waals surface area contributed by atoms with Gasteiger partial charge in [0.25, 0.3) is 0 Å². The Morgan fingerprint density at radius 1 is 1.40 bits per heavy atom. The number of thiazole rings is 1. The predicted octanol–water partition coefficient (Wildman–Crippen LogP) is 2.91. The van der Waals surface area contributed by atoms with Crippen LogP contribution in [0.25, 0.3) is 4.96 Å². The van der Waals surface area contributed by atoms with Gasteiger partial charge in [0.1, 0.15) is 0 Å². The van der Waals surface area contributed by atoms with Crippen LogP contribution in [0.4, 0.5) is 5.82 Å². The zero-order valence-electron chi connectivity index (χ0n) is 12.2. The van der Waals surface area contributed by atoms with Crippen LogP contribution < -0.4 is 10.6 Å². The molecule has 4 nitrogen and oxygen atoms in total. The van der Waals surface area contributed by atoms with E-state index in [1.165, 1.54) is 37.2 Å². The number of anilines is 1. The molecule has 20 heavy (non-hydrogen) atoms. The third-order valence-electron chi connectivity index (χ3n) is 4.45. The molecular formula is C15H24N4S. The van der Waals surface area contributed by atoms with Crippen molar-refractivity contribution in [2.75, 3.05) is 24.5 Å². The third kappa shape index (κ3) is 2.56. The third-order valence-corrected chi connectivity index (χ3v) is 5.20. The molecule has 5 heteroatoms. The zero-order chi connectivity index (χ0) is 13.9. The molecule has 1 saturated heterocycles. The van der Waals surface area contributed by atoms with Crippen molar-refractivity contribution in [2.24, 2.45) is 11.7 Å². The van der Waals surface area contributed by atoms with E-state index in [0.29, 0.717) is 6.54 Å². The molecule has 2 N–H and O–H groups in total. The fraction of sp³-hybridized carbons (Fsp3) is 0.667. The predicted molar refractivity (Wildman–Crippen MR) is 85.7 cm³/mol. The second-order valence-corrected chi connectivity index (χ2v) is 6.54. The van der Waals surface area contributed by atoms with E-state index >= 15 is 0 Å². The van der Waals surface area contributed by atoms with Crippen LogP contribution in [0, 0.1) is 5.92 Å². The summed E-state index contributed by atoms with van der Waals surface area (Å²) in [6.45, 7) is 5.27. The van der Waals surface area contributed by atoms with Crippen LogP contribution in [0.2, 0.25) is 0 Å². The van der Waals surface area contributed by atoms with Crippen molar-refractivity contribution in [1.29, 1.82) is 0 Å². The number of hydrogen-bond acceptors (Lipinski definition) is 4. The average molecular weight is 292 g/mol. The maximum absolute atomic E-state index is 5.80. The molecule has 0 aliphatic carbocycles. The number of fused-ring (bicyclic) bond motifs is 1. The second-order valence-electron chi connectivity index (χ2n) is 5.67. The summed E-state index contributed by atoms with van der Waals surface area (Å²) in [5.41, 5.74) is 7.09. The lowest BCUT2D eigenvalue weighted by molar-refractivity contribution is 0.459. The topological polar surface area (TPSA) is 46.6 Å². The van der Waals surface area contributed by atoms with Gasteiger partial charge in [-0.05, 0) is 31.7 Å². The van der Waals surface area contributed by atoms with Gasteiger partial charge in [0.2, 0.25) is 0 Å². The molecule has 0 bridgehead atoms. The smallest absolute Gasteiger partial charge is 0.195 e. The number of rotatable bonds is 4. The Labute approximate surface area is 124 Å². The number of aromatic nitrogens is 2. The van der Waals surface area contributed by atoms with Crippen LogP contribution in [0.15, 0.2) is 11.6 Å². The number of imidazole rings is 1. The molecule has 1 atom stereocenters. The SMILES string of the molecule is CCC1CCCN(c2nc3sccn3c2CCN)CC1. The van der Waals surface area contributed by atoms with Gasteiger partial charge in [0.05, 0.1) is 5.69 Å². The summed E-state index contributed by atoms with van der Waals surface area (Å²) >= 11 is 1.71. The van der Waals surface area contributed by atoms with Crippen LogP contribution in [-0.2, 0) is 6.42 Å². The molecule has 3 heterocycles. The standard InChI is InChI=1S/C15H24N4S/c1-2-12-4-3-8-18(9-6-12)14-13(5-7-16)19-10-11-20-15(19)17-14/h10-12H,2-9,16H2,1H3. The fourth-order valence-electron chi connectivity index (χ4n) is 3.23. The van der Waals surface area contributed by atoms with Gasteiger partial charge >= 0.3 is 0 Å². The number of nitrogens with zero attached hydrogens (tertiary/aromatic N) is 3. The lowest BCUT2D eigenvalue weighted by Gasteiger charge is -2.21. The molecule has 2 aromatic rings. The van der Waals surface area contributed by atoms with Gasteiger partial charge < -0.3 is 10.6 Å². The molecule has 0 amide bonds. The first-order valence-corrected chi connectivity index (χ1v) is 8.61. The Morgan fingerprint density at radius 2 is 2.30 bits per heavy atom. The molecular weight excluding hydrogens is 268 g/mol. The van der Waals surface area contributed by atoms with Crippen LogP contribution >= 0.6 is 11.3 Å².